The molecule has 3 heterocycles. The molecule has 1 saturated heterocycles. The zero-order valence-corrected chi connectivity index (χ0v) is 17.6. The summed E-state index contributed by atoms with van der Waals surface area (Å²) in [6.45, 7) is 1.22. The van der Waals surface area contributed by atoms with Gasteiger partial charge in [-0.3, -0.25) is 14.5 Å². The van der Waals surface area contributed by atoms with Crippen molar-refractivity contribution in [1.82, 2.24) is 15.5 Å². The van der Waals surface area contributed by atoms with Gasteiger partial charge in [0.25, 0.3) is 5.91 Å². The van der Waals surface area contributed by atoms with Gasteiger partial charge in [0.1, 0.15) is 12.4 Å². The molecule has 1 aromatic carbocycles. The minimum Gasteiger partial charge on any atom is -0.343 e. The average Bonchev–Trinajstić information content (AvgIpc) is 3.47. The van der Waals surface area contributed by atoms with Crippen LogP contribution in [-0.4, -0.2) is 29.3 Å². The Bertz CT molecular complexity index is 1070. The van der Waals surface area contributed by atoms with Crippen molar-refractivity contribution in [2.75, 3.05) is 6.54 Å². The van der Waals surface area contributed by atoms with E-state index in [1.165, 1.54) is 34.8 Å². The Morgan fingerprint density at radius 2 is 1.83 bits per heavy atom. The van der Waals surface area contributed by atoms with Crippen molar-refractivity contribution < 1.29 is 18.8 Å². The molecular formula is C21H18FN3O3S2. The zero-order valence-electron chi connectivity index (χ0n) is 15.9. The van der Waals surface area contributed by atoms with Gasteiger partial charge in [-0.15, -0.1) is 22.7 Å². The van der Waals surface area contributed by atoms with E-state index in [2.05, 4.69) is 10.6 Å². The van der Waals surface area contributed by atoms with Crippen LogP contribution in [0.15, 0.2) is 59.3 Å². The number of nitrogens with zero attached hydrogens (tertiary/aromatic N) is 1. The molecule has 0 spiro atoms. The Morgan fingerprint density at radius 1 is 1.13 bits per heavy atom. The molecule has 2 unspecified atom stereocenters. The first-order valence-corrected chi connectivity index (χ1v) is 10.9. The maximum atomic E-state index is 13.3. The second-order valence-electron chi connectivity index (χ2n) is 6.99. The summed E-state index contributed by atoms with van der Waals surface area (Å²) in [7, 11) is 0. The Labute approximate surface area is 180 Å². The van der Waals surface area contributed by atoms with E-state index >= 15 is 0 Å². The van der Waals surface area contributed by atoms with Crippen LogP contribution >= 0.6 is 22.7 Å². The van der Waals surface area contributed by atoms with E-state index in [0.717, 1.165) is 9.78 Å². The molecule has 1 fully saturated rings. The van der Waals surface area contributed by atoms with Crippen molar-refractivity contribution in [2.24, 2.45) is 0 Å². The Kier molecular flexibility index (Phi) is 5.40. The molecule has 2 atom stereocenters. The number of amides is 4. The van der Waals surface area contributed by atoms with E-state index in [9.17, 15) is 18.8 Å². The van der Waals surface area contributed by atoms with Gasteiger partial charge in [0, 0.05) is 9.75 Å². The lowest BCUT2D eigenvalue weighted by atomic mass is 10.0. The van der Waals surface area contributed by atoms with E-state index in [-0.39, 0.29) is 5.82 Å². The third-order valence-corrected chi connectivity index (χ3v) is 6.96. The summed E-state index contributed by atoms with van der Waals surface area (Å²) in [5.41, 5.74) is -0.483. The van der Waals surface area contributed by atoms with Crippen LogP contribution in [0.2, 0.25) is 0 Å². The molecule has 0 aliphatic carbocycles. The molecule has 154 valence electrons. The van der Waals surface area contributed by atoms with Gasteiger partial charge >= 0.3 is 6.03 Å². The number of halogens is 1. The average molecular weight is 444 g/mol. The second-order valence-corrected chi connectivity index (χ2v) is 8.92. The smallest absolute Gasteiger partial charge is 0.325 e. The fourth-order valence-electron chi connectivity index (χ4n) is 3.35. The standard InChI is InChI=1S/C21H18FN3O3S2/c1-21(16-5-3-11-30-16)19(27)25(20(28)24-21)12-17(26)23-18(15-4-2-10-29-15)13-6-8-14(22)9-7-13/h2-11,18H,12H2,1H3,(H,23,26)(H,24,28). The van der Waals surface area contributed by atoms with Crippen LogP contribution in [0.3, 0.4) is 0 Å². The first-order chi connectivity index (χ1) is 14.4. The van der Waals surface area contributed by atoms with Crippen molar-refractivity contribution in [1.29, 1.82) is 0 Å². The minimum absolute atomic E-state index is 0.373. The van der Waals surface area contributed by atoms with E-state index in [1.54, 1.807) is 31.2 Å². The monoisotopic (exact) mass is 443 g/mol. The van der Waals surface area contributed by atoms with Crippen LogP contribution in [0.25, 0.3) is 0 Å². The molecule has 1 aliphatic rings. The summed E-state index contributed by atoms with van der Waals surface area (Å²) < 4.78 is 13.3. The van der Waals surface area contributed by atoms with Crippen LogP contribution in [0, 0.1) is 5.82 Å². The summed E-state index contributed by atoms with van der Waals surface area (Å²) in [6, 6.07) is 12.0. The van der Waals surface area contributed by atoms with Gasteiger partial charge in [0.15, 0.2) is 5.54 Å². The number of hydrogen-bond donors (Lipinski definition) is 2. The number of imide groups is 1. The van der Waals surface area contributed by atoms with Gasteiger partial charge in [-0.1, -0.05) is 24.3 Å². The van der Waals surface area contributed by atoms with Crippen molar-refractivity contribution in [2.45, 2.75) is 18.5 Å². The molecule has 4 rings (SSSR count). The number of carbonyl (C=O) groups excluding carboxylic acids is 3. The highest BCUT2D eigenvalue weighted by molar-refractivity contribution is 7.10. The van der Waals surface area contributed by atoms with E-state index in [4.69, 9.17) is 0 Å². The summed E-state index contributed by atoms with van der Waals surface area (Å²) in [5.74, 6) is -1.33. The number of benzene rings is 1. The maximum Gasteiger partial charge on any atom is 0.325 e. The lowest BCUT2D eigenvalue weighted by Gasteiger charge is -2.21. The third-order valence-electron chi connectivity index (χ3n) is 4.93. The molecule has 2 N–H and O–H groups in total. The summed E-state index contributed by atoms with van der Waals surface area (Å²) >= 11 is 2.81. The predicted octanol–water partition coefficient (Wildman–Crippen LogP) is 3.62. The second kappa shape index (κ2) is 8.00. The van der Waals surface area contributed by atoms with Crippen molar-refractivity contribution in [3.05, 3.63) is 80.4 Å². The lowest BCUT2D eigenvalue weighted by Crippen LogP contribution is -2.43. The first-order valence-electron chi connectivity index (χ1n) is 9.15. The Balaban J connectivity index is 1.52. The summed E-state index contributed by atoms with van der Waals surface area (Å²) in [6.07, 6.45) is 0. The van der Waals surface area contributed by atoms with Crippen LogP contribution < -0.4 is 10.6 Å². The van der Waals surface area contributed by atoms with Crippen molar-refractivity contribution in [3.8, 4) is 0 Å². The van der Waals surface area contributed by atoms with Gasteiger partial charge in [-0.2, -0.15) is 0 Å². The number of urea groups is 1. The molecule has 0 bridgehead atoms. The quantitative estimate of drug-likeness (QED) is 0.571. The highest BCUT2D eigenvalue weighted by atomic mass is 32.1. The highest BCUT2D eigenvalue weighted by Gasteiger charge is 2.50. The number of thiophene rings is 2. The van der Waals surface area contributed by atoms with E-state index in [1.807, 2.05) is 22.9 Å². The fraction of sp³-hybridized carbons (Fsp3) is 0.190. The Hall–Kier alpha value is -3.04. The molecule has 6 nitrogen and oxygen atoms in total. The molecule has 0 radical (unpaired) electrons. The van der Waals surface area contributed by atoms with Gasteiger partial charge in [0.05, 0.1) is 6.04 Å². The third kappa shape index (κ3) is 3.73. The van der Waals surface area contributed by atoms with Gasteiger partial charge in [-0.25, -0.2) is 9.18 Å². The molecule has 9 heteroatoms. The molecule has 1 aliphatic heterocycles. The maximum absolute atomic E-state index is 13.3. The fourth-order valence-corrected chi connectivity index (χ4v) is 4.99. The number of nitrogens with one attached hydrogen (secondary N) is 2. The molecule has 2 aromatic heterocycles. The van der Waals surface area contributed by atoms with Gasteiger partial charge in [0.2, 0.25) is 5.91 Å². The zero-order chi connectivity index (χ0) is 21.3. The van der Waals surface area contributed by atoms with Crippen LogP contribution in [0.1, 0.15) is 28.3 Å². The van der Waals surface area contributed by atoms with Gasteiger partial charge in [-0.05, 0) is 47.5 Å². The van der Waals surface area contributed by atoms with Crippen LogP contribution in [0.4, 0.5) is 9.18 Å². The minimum atomic E-state index is -1.18. The predicted molar refractivity (Wildman–Crippen MR) is 113 cm³/mol. The molecular weight excluding hydrogens is 425 g/mol. The molecule has 4 amide bonds. The Morgan fingerprint density at radius 3 is 2.47 bits per heavy atom. The van der Waals surface area contributed by atoms with Gasteiger partial charge < -0.3 is 10.6 Å². The first kappa shape index (κ1) is 20.2. The normalized spacial score (nSPS) is 19.6. The van der Waals surface area contributed by atoms with Crippen LogP contribution in [-0.2, 0) is 15.1 Å². The van der Waals surface area contributed by atoms with E-state index < -0.39 is 36.0 Å². The van der Waals surface area contributed by atoms with E-state index in [0.29, 0.717) is 10.4 Å². The van der Waals surface area contributed by atoms with Crippen molar-refractivity contribution >= 4 is 40.5 Å². The lowest BCUT2D eigenvalue weighted by molar-refractivity contribution is -0.134. The molecule has 3 aromatic rings. The largest absolute Gasteiger partial charge is 0.343 e. The highest BCUT2D eigenvalue weighted by Crippen LogP contribution is 2.32. The summed E-state index contributed by atoms with van der Waals surface area (Å²) in [4.78, 5) is 40.6. The van der Waals surface area contributed by atoms with Crippen LogP contribution in [0.5, 0.6) is 0 Å². The topological polar surface area (TPSA) is 78.5 Å². The molecule has 0 saturated carbocycles. The number of carbonyl (C=O) groups is 3. The van der Waals surface area contributed by atoms with Crippen molar-refractivity contribution in [3.63, 3.8) is 0 Å². The summed E-state index contributed by atoms with van der Waals surface area (Å²) in [5, 5.41) is 9.25. The number of rotatable bonds is 6. The SMILES string of the molecule is CC1(c2cccs2)NC(=O)N(CC(=O)NC(c2ccc(F)cc2)c2cccs2)C1=O. The molecule has 30 heavy (non-hydrogen) atoms. The number of hydrogen-bond acceptors (Lipinski definition) is 5.